The molecule has 0 N–H and O–H groups in total. The Bertz CT molecular complexity index is 305. The molecule has 0 amide bonds. The molecule has 0 aromatic carbocycles. The summed E-state index contributed by atoms with van der Waals surface area (Å²) >= 11 is 0.141. The standard InChI is InChI=1S/C5H3F2N3O2S/c6-4(7)13-5-8-1-3(2-9-5)10(11)12/h1-2,4H. The summed E-state index contributed by atoms with van der Waals surface area (Å²) in [6, 6.07) is 0. The maximum absolute atomic E-state index is 11.7. The summed E-state index contributed by atoms with van der Waals surface area (Å²) in [6.45, 7) is 0. The molecule has 0 aliphatic rings. The molecular formula is C5H3F2N3O2S. The van der Waals surface area contributed by atoms with Crippen LogP contribution in [0.4, 0.5) is 14.5 Å². The number of aromatic nitrogens is 2. The second-order valence-electron chi connectivity index (χ2n) is 1.86. The summed E-state index contributed by atoms with van der Waals surface area (Å²) < 4.78 is 23.5. The maximum atomic E-state index is 11.7. The Hall–Kier alpha value is -1.31. The molecular weight excluding hydrogens is 204 g/mol. The molecule has 0 atom stereocenters. The third-order valence-electron chi connectivity index (χ3n) is 1.02. The molecule has 1 aromatic heterocycles. The van der Waals surface area contributed by atoms with E-state index < -0.39 is 10.7 Å². The van der Waals surface area contributed by atoms with Crippen molar-refractivity contribution in [3.8, 4) is 0 Å². The van der Waals surface area contributed by atoms with Gasteiger partial charge in [0.05, 0.1) is 4.92 Å². The summed E-state index contributed by atoms with van der Waals surface area (Å²) in [5.41, 5.74) is -0.321. The quantitative estimate of drug-likeness (QED) is 0.326. The van der Waals surface area contributed by atoms with E-state index in [1.54, 1.807) is 0 Å². The van der Waals surface area contributed by atoms with E-state index >= 15 is 0 Å². The van der Waals surface area contributed by atoms with Crippen LogP contribution >= 0.6 is 11.8 Å². The topological polar surface area (TPSA) is 68.9 Å². The minimum atomic E-state index is -2.62. The molecule has 0 fully saturated rings. The van der Waals surface area contributed by atoms with Gasteiger partial charge >= 0.3 is 5.69 Å². The van der Waals surface area contributed by atoms with E-state index in [1.165, 1.54) is 0 Å². The lowest BCUT2D eigenvalue weighted by molar-refractivity contribution is -0.385. The Morgan fingerprint density at radius 1 is 1.46 bits per heavy atom. The first kappa shape index (κ1) is 9.78. The average molecular weight is 207 g/mol. The van der Waals surface area contributed by atoms with Crippen LogP contribution in [-0.4, -0.2) is 20.6 Å². The molecule has 13 heavy (non-hydrogen) atoms. The predicted molar refractivity (Wildman–Crippen MR) is 40.5 cm³/mol. The zero-order valence-electron chi connectivity index (χ0n) is 6.05. The van der Waals surface area contributed by atoms with Gasteiger partial charge in [-0.1, -0.05) is 0 Å². The van der Waals surface area contributed by atoms with Crippen molar-refractivity contribution in [3.05, 3.63) is 22.5 Å². The van der Waals surface area contributed by atoms with Crippen LogP contribution in [0.3, 0.4) is 0 Å². The molecule has 1 heterocycles. The van der Waals surface area contributed by atoms with Crippen LogP contribution in [0.5, 0.6) is 0 Å². The van der Waals surface area contributed by atoms with Gasteiger partial charge in [0.1, 0.15) is 12.4 Å². The van der Waals surface area contributed by atoms with Crippen LogP contribution < -0.4 is 0 Å². The molecule has 0 spiro atoms. The van der Waals surface area contributed by atoms with E-state index in [4.69, 9.17) is 0 Å². The lowest BCUT2D eigenvalue weighted by Gasteiger charge is -1.95. The minimum absolute atomic E-state index is 0.141. The molecule has 0 saturated heterocycles. The molecule has 0 saturated carbocycles. The molecule has 1 rings (SSSR count). The van der Waals surface area contributed by atoms with Gasteiger partial charge in [-0.05, 0) is 11.8 Å². The number of thioether (sulfide) groups is 1. The van der Waals surface area contributed by atoms with Crippen molar-refractivity contribution < 1.29 is 13.7 Å². The largest absolute Gasteiger partial charge is 0.305 e. The Labute approximate surface area is 75.3 Å². The minimum Gasteiger partial charge on any atom is -0.258 e. The van der Waals surface area contributed by atoms with Crippen LogP contribution in [0.1, 0.15) is 0 Å². The fourth-order valence-electron chi connectivity index (χ4n) is 0.544. The number of hydrogen-bond donors (Lipinski definition) is 0. The van der Waals surface area contributed by atoms with Crippen LogP contribution in [-0.2, 0) is 0 Å². The fourth-order valence-corrected chi connectivity index (χ4v) is 0.931. The van der Waals surface area contributed by atoms with Crippen LogP contribution in [0.2, 0.25) is 0 Å². The second-order valence-corrected chi connectivity index (χ2v) is 2.82. The highest BCUT2D eigenvalue weighted by molar-refractivity contribution is 7.99. The van der Waals surface area contributed by atoms with Crippen molar-refractivity contribution in [1.29, 1.82) is 0 Å². The van der Waals surface area contributed by atoms with Gasteiger partial charge in [0.2, 0.25) is 0 Å². The van der Waals surface area contributed by atoms with Gasteiger partial charge in [0.15, 0.2) is 5.16 Å². The fraction of sp³-hybridized carbons (Fsp3) is 0.200. The zero-order chi connectivity index (χ0) is 9.84. The Kier molecular flexibility index (Phi) is 3.07. The van der Waals surface area contributed by atoms with Crippen molar-refractivity contribution in [2.24, 2.45) is 0 Å². The smallest absolute Gasteiger partial charge is 0.258 e. The van der Waals surface area contributed by atoms with Gasteiger partial charge in [0, 0.05) is 0 Å². The molecule has 0 aliphatic heterocycles. The number of rotatable bonds is 3. The van der Waals surface area contributed by atoms with Gasteiger partial charge in [-0.15, -0.1) is 0 Å². The second kappa shape index (κ2) is 4.08. The Balaban J connectivity index is 2.75. The van der Waals surface area contributed by atoms with Crippen molar-refractivity contribution in [2.45, 2.75) is 10.9 Å². The van der Waals surface area contributed by atoms with E-state index in [0.29, 0.717) is 0 Å². The van der Waals surface area contributed by atoms with E-state index in [1.807, 2.05) is 0 Å². The maximum Gasteiger partial charge on any atom is 0.305 e. The molecule has 0 unspecified atom stereocenters. The van der Waals surface area contributed by atoms with E-state index in [2.05, 4.69) is 9.97 Å². The van der Waals surface area contributed by atoms with E-state index in [-0.39, 0.29) is 22.6 Å². The van der Waals surface area contributed by atoms with Crippen molar-refractivity contribution in [1.82, 2.24) is 9.97 Å². The lowest BCUT2D eigenvalue weighted by atomic mass is 10.6. The highest BCUT2D eigenvalue weighted by atomic mass is 32.2. The molecule has 8 heteroatoms. The lowest BCUT2D eigenvalue weighted by Crippen LogP contribution is -1.93. The van der Waals surface area contributed by atoms with Gasteiger partial charge in [0.25, 0.3) is 5.76 Å². The van der Waals surface area contributed by atoms with E-state index in [9.17, 15) is 18.9 Å². The van der Waals surface area contributed by atoms with Gasteiger partial charge < -0.3 is 0 Å². The summed E-state index contributed by atoms with van der Waals surface area (Å²) in [6.07, 6.45) is 1.77. The first-order valence-corrected chi connectivity index (χ1v) is 3.89. The first-order chi connectivity index (χ1) is 6.09. The van der Waals surface area contributed by atoms with Crippen LogP contribution in [0, 0.1) is 10.1 Å². The van der Waals surface area contributed by atoms with Crippen molar-refractivity contribution in [3.63, 3.8) is 0 Å². The third-order valence-corrected chi connectivity index (χ3v) is 1.62. The highest BCUT2D eigenvalue weighted by Crippen LogP contribution is 2.21. The van der Waals surface area contributed by atoms with Gasteiger partial charge in [-0.2, -0.15) is 8.78 Å². The van der Waals surface area contributed by atoms with Crippen LogP contribution in [0.25, 0.3) is 0 Å². The Morgan fingerprint density at radius 2 is 2.00 bits per heavy atom. The summed E-state index contributed by atoms with van der Waals surface area (Å²) in [5.74, 6) is -2.62. The number of hydrogen-bond acceptors (Lipinski definition) is 5. The van der Waals surface area contributed by atoms with Crippen molar-refractivity contribution in [2.75, 3.05) is 0 Å². The monoisotopic (exact) mass is 207 g/mol. The number of nitro groups is 1. The third kappa shape index (κ3) is 2.90. The van der Waals surface area contributed by atoms with Gasteiger partial charge in [-0.25, -0.2) is 9.97 Å². The summed E-state index contributed by atoms with van der Waals surface area (Å²) in [7, 11) is 0. The predicted octanol–water partition coefficient (Wildman–Crippen LogP) is 1.70. The average Bonchev–Trinajstić information content (AvgIpc) is 2.04. The highest BCUT2D eigenvalue weighted by Gasteiger charge is 2.10. The molecule has 0 bridgehead atoms. The molecule has 5 nitrogen and oxygen atoms in total. The molecule has 70 valence electrons. The van der Waals surface area contributed by atoms with Crippen molar-refractivity contribution >= 4 is 17.4 Å². The van der Waals surface area contributed by atoms with E-state index in [0.717, 1.165) is 12.4 Å². The number of nitrogens with zero attached hydrogens (tertiary/aromatic N) is 3. The zero-order valence-corrected chi connectivity index (χ0v) is 6.87. The molecule has 0 radical (unpaired) electrons. The first-order valence-electron chi connectivity index (χ1n) is 3.01. The van der Waals surface area contributed by atoms with Crippen LogP contribution in [0.15, 0.2) is 17.6 Å². The SMILES string of the molecule is O=[N+]([O-])c1cnc(SC(F)F)nc1. The normalized spacial score (nSPS) is 10.4. The number of alkyl halides is 2. The summed E-state index contributed by atoms with van der Waals surface area (Å²) in [5, 5.41) is 9.93. The Morgan fingerprint density at radius 3 is 2.38 bits per heavy atom. The summed E-state index contributed by atoms with van der Waals surface area (Å²) in [4.78, 5) is 16.1. The molecule has 0 aliphatic carbocycles. The molecule has 1 aromatic rings. The number of halogens is 2. The van der Waals surface area contributed by atoms with Gasteiger partial charge in [-0.3, -0.25) is 10.1 Å².